The van der Waals surface area contributed by atoms with Gasteiger partial charge in [-0.3, -0.25) is 9.59 Å². The molecule has 0 bridgehead atoms. The Hall–Kier alpha value is -1.67. The molecule has 2 aromatic rings. The van der Waals surface area contributed by atoms with Crippen molar-refractivity contribution < 1.29 is 9.90 Å². The van der Waals surface area contributed by atoms with Crippen LogP contribution in [0.15, 0.2) is 31.9 Å². The first kappa shape index (κ1) is 13.3. The summed E-state index contributed by atoms with van der Waals surface area (Å²) < 4.78 is 2.35. The molecule has 0 radical (unpaired) electrons. The van der Waals surface area contributed by atoms with E-state index >= 15 is 0 Å². The molecule has 0 atom stereocenters. The van der Waals surface area contributed by atoms with E-state index in [1.165, 1.54) is 23.1 Å². The van der Waals surface area contributed by atoms with Crippen molar-refractivity contribution in [3.8, 4) is 0 Å². The zero-order valence-corrected chi connectivity index (χ0v) is 12.0. The first-order chi connectivity index (χ1) is 9.63. The second-order valence-corrected chi connectivity index (χ2v) is 6.55. The highest BCUT2D eigenvalue weighted by atomic mass is 32.2. The van der Waals surface area contributed by atoms with E-state index in [2.05, 4.69) is 9.97 Å². The summed E-state index contributed by atoms with van der Waals surface area (Å²) >= 11 is 2.52. The molecule has 104 valence electrons. The largest absolute Gasteiger partial charge is 0.481 e. The summed E-state index contributed by atoms with van der Waals surface area (Å²) in [7, 11) is 0. The second-order valence-electron chi connectivity index (χ2n) is 4.45. The Bertz CT molecular complexity index is 706. The Labute approximate surface area is 122 Å². The third kappa shape index (κ3) is 2.91. The summed E-state index contributed by atoms with van der Waals surface area (Å²) in [6, 6.07) is 0.309. The van der Waals surface area contributed by atoms with Crippen molar-refractivity contribution in [2.45, 2.75) is 34.7 Å². The fraction of sp³-hybridized carbons (Fsp3) is 0.333. The maximum Gasteiger partial charge on any atom is 0.309 e. The Morgan fingerprint density at radius 1 is 1.55 bits per heavy atom. The molecule has 0 saturated heterocycles. The van der Waals surface area contributed by atoms with E-state index in [0.29, 0.717) is 21.1 Å². The molecule has 20 heavy (non-hydrogen) atoms. The summed E-state index contributed by atoms with van der Waals surface area (Å²) in [5.74, 6) is -0.916. The molecule has 1 aliphatic carbocycles. The van der Waals surface area contributed by atoms with Crippen LogP contribution in [0.25, 0.3) is 0 Å². The molecule has 1 aliphatic rings. The maximum absolute atomic E-state index is 12.2. The van der Waals surface area contributed by atoms with E-state index in [4.69, 9.17) is 5.11 Å². The summed E-state index contributed by atoms with van der Waals surface area (Å²) in [5.41, 5.74) is 0.401. The number of hydrogen-bond donors (Lipinski definition) is 1. The monoisotopic (exact) mass is 309 g/mol. The summed E-state index contributed by atoms with van der Waals surface area (Å²) in [6.45, 7) is 0. The van der Waals surface area contributed by atoms with Gasteiger partial charge in [-0.2, -0.15) is 0 Å². The molecular formula is C12H11N3O3S2. The van der Waals surface area contributed by atoms with Gasteiger partial charge in [-0.25, -0.2) is 9.97 Å². The molecule has 1 fully saturated rings. The van der Waals surface area contributed by atoms with Gasteiger partial charge < -0.3 is 9.67 Å². The minimum Gasteiger partial charge on any atom is -0.481 e. The summed E-state index contributed by atoms with van der Waals surface area (Å²) in [5, 5.41) is 10.8. The van der Waals surface area contributed by atoms with Crippen LogP contribution in [0.5, 0.6) is 0 Å². The van der Waals surface area contributed by atoms with Gasteiger partial charge in [0.15, 0.2) is 9.37 Å². The maximum atomic E-state index is 12.2. The van der Waals surface area contributed by atoms with Crippen LogP contribution in [-0.4, -0.2) is 25.6 Å². The number of carboxylic acid groups (broad SMARTS) is 1. The van der Waals surface area contributed by atoms with Crippen LogP contribution in [-0.2, 0) is 11.2 Å². The molecule has 3 rings (SSSR count). The van der Waals surface area contributed by atoms with E-state index in [-0.39, 0.29) is 12.0 Å². The first-order valence-electron chi connectivity index (χ1n) is 6.04. The molecule has 0 aliphatic heterocycles. The van der Waals surface area contributed by atoms with E-state index < -0.39 is 5.97 Å². The van der Waals surface area contributed by atoms with Crippen molar-refractivity contribution in [1.82, 2.24) is 14.5 Å². The molecule has 1 saturated carbocycles. The van der Waals surface area contributed by atoms with Gasteiger partial charge in [0.25, 0.3) is 5.56 Å². The lowest BCUT2D eigenvalue weighted by molar-refractivity contribution is -0.136. The number of nitrogens with zero attached hydrogens (tertiary/aromatic N) is 3. The Morgan fingerprint density at radius 2 is 2.35 bits per heavy atom. The topological polar surface area (TPSA) is 85.1 Å². The average molecular weight is 309 g/mol. The predicted molar refractivity (Wildman–Crippen MR) is 74.3 cm³/mol. The second kappa shape index (κ2) is 5.37. The molecule has 2 heterocycles. The van der Waals surface area contributed by atoms with E-state index in [0.717, 1.165) is 12.8 Å². The molecule has 0 amide bonds. The number of rotatable bonds is 5. The van der Waals surface area contributed by atoms with Gasteiger partial charge in [-0.05, 0) is 24.6 Å². The normalized spacial score (nSPS) is 14.4. The van der Waals surface area contributed by atoms with Crippen LogP contribution >= 0.6 is 23.1 Å². The van der Waals surface area contributed by atoms with Gasteiger partial charge >= 0.3 is 5.97 Å². The van der Waals surface area contributed by atoms with Crippen LogP contribution in [0.1, 0.15) is 24.6 Å². The van der Waals surface area contributed by atoms with Crippen LogP contribution in [0, 0.1) is 0 Å². The molecule has 0 unspecified atom stereocenters. The van der Waals surface area contributed by atoms with Gasteiger partial charge in [0.1, 0.15) is 0 Å². The van der Waals surface area contributed by atoms with Crippen molar-refractivity contribution in [1.29, 1.82) is 0 Å². The van der Waals surface area contributed by atoms with Crippen molar-refractivity contribution >= 4 is 29.1 Å². The number of aliphatic carboxylic acids is 1. The lowest BCUT2D eigenvalue weighted by Crippen LogP contribution is -2.20. The zero-order valence-electron chi connectivity index (χ0n) is 10.4. The molecule has 0 aromatic carbocycles. The Kier molecular flexibility index (Phi) is 3.58. The minimum absolute atomic E-state index is 0.102. The van der Waals surface area contributed by atoms with Crippen molar-refractivity contribution in [2.75, 3.05) is 0 Å². The van der Waals surface area contributed by atoms with Gasteiger partial charge in [0.2, 0.25) is 0 Å². The number of aromatic nitrogens is 3. The molecule has 1 N–H and O–H groups in total. The standard InChI is InChI=1S/C12H11N3O3S2/c16-9(17)5-7-6-19-12(14-7)20-10-11(18)15(4-3-13-10)8-1-2-8/h3-4,6,8H,1-2,5H2,(H,16,17). The SMILES string of the molecule is O=C(O)Cc1csc(Sc2nccn(C3CC3)c2=O)n1. The lowest BCUT2D eigenvalue weighted by Gasteiger charge is -2.03. The zero-order chi connectivity index (χ0) is 14.1. The number of thiazole rings is 1. The average Bonchev–Trinajstić information content (AvgIpc) is 3.14. The van der Waals surface area contributed by atoms with E-state index in [9.17, 15) is 9.59 Å². The highest BCUT2D eigenvalue weighted by Gasteiger charge is 2.25. The third-order valence-corrected chi connectivity index (χ3v) is 4.78. The van der Waals surface area contributed by atoms with Crippen LogP contribution < -0.4 is 5.56 Å². The quantitative estimate of drug-likeness (QED) is 0.906. The van der Waals surface area contributed by atoms with Gasteiger partial charge in [-0.1, -0.05) is 0 Å². The minimum atomic E-state index is -0.916. The molecule has 8 heteroatoms. The molecular weight excluding hydrogens is 298 g/mol. The van der Waals surface area contributed by atoms with E-state index in [1.807, 2.05) is 0 Å². The molecule has 6 nitrogen and oxygen atoms in total. The summed E-state index contributed by atoms with van der Waals surface area (Å²) in [6.07, 6.45) is 5.29. The van der Waals surface area contributed by atoms with Crippen LogP contribution in [0.3, 0.4) is 0 Å². The number of hydrogen-bond acceptors (Lipinski definition) is 6. The van der Waals surface area contributed by atoms with Gasteiger partial charge in [0.05, 0.1) is 12.1 Å². The Morgan fingerprint density at radius 3 is 3.05 bits per heavy atom. The number of carbonyl (C=O) groups is 1. The van der Waals surface area contributed by atoms with Crippen LogP contribution in [0.2, 0.25) is 0 Å². The van der Waals surface area contributed by atoms with Crippen molar-refractivity contribution in [3.63, 3.8) is 0 Å². The highest BCUT2D eigenvalue weighted by molar-refractivity contribution is 8.00. The molecule has 2 aromatic heterocycles. The lowest BCUT2D eigenvalue weighted by atomic mass is 10.3. The van der Waals surface area contributed by atoms with Crippen molar-refractivity contribution in [2.24, 2.45) is 0 Å². The van der Waals surface area contributed by atoms with Gasteiger partial charge in [0, 0.05) is 23.8 Å². The van der Waals surface area contributed by atoms with Crippen molar-refractivity contribution in [3.05, 3.63) is 33.8 Å². The predicted octanol–water partition coefficient (Wildman–Crippen LogP) is 1.81. The Balaban J connectivity index is 1.80. The first-order valence-corrected chi connectivity index (χ1v) is 7.74. The third-order valence-electron chi connectivity index (χ3n) is 2.82. The van der Waals surface area contributed by atoms with E-state index in [1.54, 1.807) is 22.3 Å². The number of carboxylic acids is 1. The fourth-order valence-electron chi connectivity index (χ4n) is 1.77. The summed E-state index contributed by atoms with van der Waals surface area (Å²) in [4.78, 5) is 31.1. The van der Waals surface area contributed by atoms with Crippen LogP contribution in [0.4, 0.5) is 0 Å². The van der Waals surface area contributed by atoms with Gasteiger partial charge in [-0.15, -0.1) is 11.3 Å². The highest BCUT2D eigenvalue weighted by Crippen LogP contribution is 2.34. The smallest absolute Gasteiger partial charge is 0.309 e. The molecule has 0 spiro atoms. The fourth-order valence-corrected chi connectivity index (χ4v) is 3.52.